The second kappa shape index (κ2) is 6.65. The monoisotopic (exact) mass is 291 g/mol. The van der Waals surface area contributed by atoms with Crippen LogP contribution in [0.15, 0.2) is 5.51 Å². The minimum atomic E-state index is 0.751. The third-order valence-electron chi connectivity index (χ3n) is 3.06. The third kappa shape index (κ3) is 3.45. The molecule has 0 bridgehead atoms. The molecule has 0 aliphatic carbocycles. The van der Waals surface area contributed by atoms with Gasteiger partial charge in [-0.15, -0.1) is 11.3 Å². The predicted octanol–water partition coefficient (Wildman–Crippen LogP) is 3.29. The second-order valence-corrected chi connectivity index (χ2v) is 5.67. The topological polar surface area (TPSA) is 62.7 Å². The summed E-state index contributed by atoms with van der Waals surface area (Å²) in [7, 11) is 0. The summed E-state index contributed by atoms with van der Waals surface area (Å²) >= 11 is 1.66. The minimum absolute atomic E-state index is 0.751. The molecule has 0 amide bonds. The largest absolute Gasteiger partial charge is 0.370 e. The highest BCUT2D eigenvalue weighted by Gasteiger charge is 2.09. The van der Waals surface area contributed by atoms with Crippen molar-refractivity contribution in [2.24, 2.45) is 0 Å². The van der Waals surface area contributed by atoms with Crippen LogP contribution < -0.4 is 10.6 Å². The Kier molecular flexibility index (Phi) is 4.89. The van der Waals surface area contributed by atoms with Crippen LogP contribution in [0, 0.1) is 20.8 Å². The van der Waals surface area contributed by atoms with Crippen LogP contribution in [0.5, 0.6) is 0 Å². The Balaban J connectivity index is 2.14. The second-order valence-electron chi connectivity index (χ2n) is 4.73. The lowest BCUT2D eigenvalue weighted by Gasteiger charge is -2.13. The van der Waals surface area contributed by atoms with Gasteiger partial charge in [0.25, 0.3) is 0 Å². The van der Waals surface area contributed by atoms with E-state index in [0.29, 0.717) is 0 Å². The van der Waals surface area contributed by atoms with Crippen LogP contribution in [0.2, 0.25) is 0 Å². The van der Waals surface area contributed by atoms with Gasteiger partial charge in [-0.25, -0.2) is 15.0 Å². The van der Waals surface area contributed by atoms with E-state index in [2.05, 4.69) is 32.5 Å². The van der Waals surface area contributed by atoms with Crippen molar-refractivity contribution in [2.45, 2.75) is 40.7 Å². The summed E-state index contributed by atoms with van der Waals surface area (Å²) in [5.41, 5.74) is 4.01. The lowest BCUT2D eigenvalue weighted by molar-refractivity contribution is 0.942. The molecule has 2 aromatic rings. The van der Waals surface area contributed by atoms with E-state index in [0.717, 1.165) is 48.2 Å². The number of nitrogens with one attached hydrogen (secondary N) is 2. The fraction of sp³-hybridized carbons (Fsp3) is 0.500. The fourth-order valence-electron chi connectivity index (χ4n) is 1.88. The van der Waals surface area contributed by atoms with Crippen LogP contribution in [0.4, 0.5) is 11.6 Å². The first-order valence-electron chi connectivity index (χ1n) is 6.83. The Hall–Kier alpha value is -1.69. The summed E-state index contributed by atoms with van der Waals surface area (Å²) < 4.78 is 0. The Morgan fingerprint density at radius 1 is 1.10 bits per heavy atom. The highest BCUT2D eigenvalue weighted by atomic mass is 32.1. The maximum atomic E-state index is 4.49. The van der Waals surface area contributed by atoms with Gasteiger partial charge in [0.05, 0.1) is 17.7 Å². The van der Waals surface area contributed by atoms with Crippen LogP contribution in [-0.4, -0.2) is 21.5 Å². The summed E-state index contributed by atoms with van der Waals surface area (Å²) in [6.07, 6.45) is 1.07. The van der Waals surface area contributed by atoms with E-state index in [9.17, 15) is 0 Å². The van der Waals surface area contributed by atoms with Crippen LogP contribution >= 0.6 is 11.3 Å². The first kappa shape index (κ1) is 14.7. The standard InChI is InChI=1S/C14H21N5S/c1-5-6-15-13-9(2)14(19-11(4)18-13)16-7-12-10(3)17-8-20-12/h8H,5-7H2,1-4H3,(H2,15,16,18,19). The van der Waals surface area contributed by atoms with Crippen LogP contribution in [0.25, 0.3) is 0 Å². The number of hydrogen-bond donors (Lipinski definition) is 2. The zero-order valence-corrected chi connectivity index (χ0v) is 13.3. The normalized spacial score (nSPS) is 10.6. The molecule has 2 rings (SSSR count). The lowest BCUT2D eigenvalue weighted by Crippen LogP contribution is -2.10. The fourth-order valence-corrected chi connectivity index (χ4v) is 2.59. The first-order chi connectivity index (χ1) is 9.61. The maximum Gasteiger partial charge on any atom is 0.135 e. The molecular weight excluding hydrogens is 270 g/mol. The lowest BCUT2D eigenvalue weighted by atomic mass is 10.3. The van der Waals surface area contributed by atoms with Crippen molar-refractivity contribution < 1.29 is 0 Å². The first-order valence-corrected chi connectivity index (χ1v) is 7.71. The number of hydrogen-bond acceptors (Lipinski definition) is 6. The third-order valence-corrected chi connectivity index (χ3v) is 4.00. The quantitative estimate of drug-likeness (QED) is 0.855. The number of aromatic nitrogens is 3. The molecule has 0 saturated heterocycles. The molecular formula is C14H21N5S. The Labute approximate surface area is 123 Å². The van der Waals surface area contributed by atoms with Crippen molar-refractivity contribution in [1.29, 1.82) is 0 Å². The Morgan fingerprint density at radius 3 is 2.40 bits per heavy atom. The molecule has 6 heteroatoms. The Morgan fingerprint density at radius 2 is 1.80 bits per heavy atom. The van der Waals surface area contributed by atoms with Crippen LogP contribution in [0.1, 0.15) is 35.3 Å². The van der Waals surface area contributed by atoms with Gasteiger partial charge in [-0.05, 0) is 27.2 Å². The van der Waals surface area contributed by atoms with E-state index < -0.39 is 0 Å². The zero-order chi connectivity index (χ0) is 14.5. The highest BCUT2D eigenvalue weighted by molar-refractivity contribution is 7.09. The number of anilines is 2. The van der Waals surface area contributed by atoms with Gasteiger partial charge in [-0.1, -0.05) is 6.92 Å². The molecule has 0 fully saturated rings. The molecule has 0 radical (unpaired) electrons. The van der Waals surface area contributed by atoms with Gasteiger partial charge in [0.2, 0.25) is 0 Å². The predicted molar refractivity (Wildman–Crippen MR) is 84.5 cm³/mol. The summed E-state index contributed by atoms with van der Waals surface area (Å²) in [6, 6.07) is 0. The van der Waals surface area contributed by atoms with Gasteiger partial charge in [-0.2, -0.15) is 0 Å². The molecule has 5 nitrogen and oxygen atoms in total. The van der Waals surface area contributed by atoms with Gasteiger partial charge in [0.1, 0.15) is 17.5 Å². The van der Waals surface area contributed by atoms with Gasteiger partial charge in [0, 0.05) is 17.0 Å². The van der Waals surface area contributed by atoms with Crippen molar-refractivity contribution in [3.8, 4) is 0 Å². The van der Waals surface area contributed by atoms with E-state index in [-0.39, 0.29) is 0 Å². The smallest absolute Gasteiger partial charge is 0.135 e. The van der Waals surface area contributed by atoms with Crippen molar-refractivity contribution in [3.05, 3.63) is 27.5 Å². The molecule has 0 spiro atoms. The van der Waals surface area contributed by atoms with Crippen molar-refractivity contribution in [1.82, 2.24) is 15.0 Å². The molecule has 0 saturated carbocycles. The number of rotatable bonds is 6. The summed E-state index contributed by atoms with van der Waals surface area (Å²) in [5, 5.41) is 6.74. The van der Waals surface area contributed by atoms with E-state index in [1.54, 1.807) is 11.3 Å². The van der Waals surface area contributed by atoms with Gasteiger partial charge >= 0.3 is 0 Å². The Bertz CT molecular complexity index is 579. The molecule has 0 aromatic carbocycles. The molecule has 108 valence electrons. The molecule has 2 aromatic heterocycles. The number of aryl methyl sites for hydroxylation is 2. The molecule has 0 atom stereocenters. The minimum Gasteiger partial charge on any atom is -0.370 e. The molecule has 0 unspecified atom stereocenters. The molecule has 20 heavy (non-hydrogen) atoms. The molecule has 2 heterocycles. The SMILES string of the molecule is CCCNc1nc(C)nc(NCc2scnc2C)c1C. The van der Waals surface area contributed by atoms with E-state index in [4.69, 9.17) is 0 Å². The average molecular weight is 291 g/mol. The highest BCUT2D eigenvalue weighted by Crippen LogP contribution is 2.21. The average Bonchev–Trinajstić information content (AvgIpc) is 2.83. The number of thiazole rings is 1. The van der Waals surface area contributed by atoms with Crippen LogP contribution in [0.3, 0.4) is 0 Å². The van der Waals surface area contributed by atoms with Gasteiger partial charge < -0.3 is 10.6 Å². The van der Waals surface area contributed by atoms with E-state index in [1.165, 1.54) is 4.88 Å². The summed E-state index contributed by atoms with van der Waals surface area (Å²) in [5.74, 6) is 2.59. The van der Waals surface area contributed by atoms with Gasteiger partial charge in [0.15, 0.2) is 0 Å². The van der Waals surface area contributed by atoms with Crippen LogP contribution in [-0.2, 0) is 6.54 Å². The molecule has 0 aliphatic heterocycles. The van der Waals surface area contributed by atoms with Crippen molar-refractivity contribution in [2.75, 3.05) is 17.2 Å². The van der Waals surface area contributed by atoms with E-state index in [1.807, 2.05) is 26.3 Å². The molecule has 2 N–H and O–H groups in total. The summed E-state index contributed by atoms with van der Waals surface area (Å²) in [4.78, 5) is 14.5. The molecule has 0 aliphatic rings. The summed E-state index contributed by atoms with van der Waals surface area (Å²) in [6.45, 7) is 9.80. The van der Waals surface area contributed by atoms with E-state index >= 15 is 0 Å². The van der Waals surface area contributed by atoms with Crippen molar-refractivity contribution in [3.63, 3.8) is 0 Å². The zero-order valence-electron chi connectivity index (χ0n) is 12.4. The van der Waals surface area contributed by atoms with Gasteiger partial charge in [-0.3, -0.25) is 0 Å². The number of nitrogens with zero attached hydrogens (tertiary/aromatic N) is 3. The maximum absolute atomic E-state index is 4.49. The van der Waals surface area contributed by atoms with Crippen molar-refractivity contribution >= 4 is 23.0 Å².